The number of likely N-dealkylation sites (tertiary alicyclic amines) is 1. The zero-order valence-corrected chi connectivity index (χ0v) is 15.0. The highest BCUT2D eigenvalue weighted by molar-refractivity contribution is 7.00. The van der Waals surface area contributed by atoms with Crippen LogP contribution in [0.2, 0.25) is 0 Å². The first-order chi connectivity index (χ1) is 12.6. The number of aryl methyl sites for hydroxylation is 1. The number of nitrogens with one attached hydrogen (secondary N) is 1. The Kier molecular flexibility index (Phi) is 4.37. The zero-order chi connectivity index (χ0) is 18.1. The summed E-state index contributed by atoms with van der Waals surface area (Å²) in [6.07, 6.45) is 1.24. The summed E-state index contributed by atoms with van der Waals surface area (Å²) in [5.74, 6) is 0.816. The highest BCUT2D eigenvalue weighted by Crippen LogP contribution is 2.22. The van der Waals surface area contributed by atoms with E-state index in [0.29, 0.717) is 43.1 Å². The van der Waals surface area contributed by atoms with Gasteiger partial charge in [-0.25, -0.2) is 0 Å². The maximum absolute atomic E-state index is 12.7. The maximum Gasteiger partial charge on any atom is 0.253 e. The molecule has 2 aromatic heterocycles. The third-order valence-corrected chi connectivity index (χ3v) is 5.09. The van der Waals surface area contributed by atoms with E-state index in [4.69, 9.17) is 4.52 Å². The topological polar surface area (TPSA) is 101 Å². The molecule has 0 spiro atoms. The Morgan fingerprint density at radius 1 is 1.19 bits per heavy atom. The molecular weight excluding hydrogens is 354 g/mol. The van der Waals surface area contributed by atoms with Crippen LogP contribution in [-0.4, -0.2) is 43.7 Å². The number of amides is 2. The van der Waals surface area contributed by atoms with Crippen molar-refractivity contribution in [2.45, 2.75) is 19.8 Å². The summed E-state index contributed by atoms with van der Waals surface area (Å²) in [6.45, 7) is 2.86. The fourth-order valence-corrected chi connectivity index (χ4v) is 3.61. The van der Waals surface area contributed by atoms with Crippen LogP contribution in [0, 0.1) is 12.8 Å². The maximum atomic E-state index is 12.7. The predicted octanol–water partition coefficient (Wildman–Crippen LogP) is 2.48. The van der Waals surface area contributed by atoms with Gasteiger partial charge in [0.1, 0.15) is 16.8 Å². The van der Waals surface area contributed by atoms with E-state index in [1.54, 1.807) is 30.0 Å². The monoisotopic (exact) mass is 371 g/mol. The molecule has 1 aliphatic rings. The molecule has 1 N–H and O–H groups in total. The molecule has 8 nitrogen and oxygen atoms in total. The average molecular weight is 371 g/mol. The number of aromatic nitrogens is 3. The Hall–Kier alpha value is -2.81. The molecular formula is C17H17N5O3S. The third-order valence-electron chi connectivity index (χ3n) is 4.53. The first-order valence-corrected chi connectivity index (χ1v) is 9.09. The number of carbonyl (C=O) groups excluding carboxylic acids is 2. The summed E-state index contributed by atoms with van der Waals surface area (Å²) in [7, 11) is 0. The number of benzene rings is 1. The predicted molar refractivity (Wildman–Crippen MR) is 95.9 cm³/mol. The molecule has 1 aromatic carbocycles. The normalized spacial score (nSPS) is 15.3. The van der Waals surface area contributed by atoms with Crippen molar-refractivity contribution in [1.29, 1.82) is 0 Å². The van der Waals surface area contributed by atoms with Crippen molar-refractivity contribution in [3.8, 4) is 0 Å². The van der Waals surface area contributed by atoms with Gasteiger partial charge >= 0.3 is 0 Å². The Morgan fingerprint density at radius 3 is 2.69 bits per heavy atom. The highest BCUT2D eigenvalue weighted by atomic mass is 32.1. The number of carbonyl (C=O) groups is 2. The minimum Gasteiger partial charge on any atom is -0.360 e. The average Bonchev–Trinajstić information content (AvgIpc) is 3.29. The molecule has 3 aromatic rings. The Balaban J connectivity index is 1.36. The second-order valence-corrected chi connectivity index (χ2v) is 6.87. The number of hydrogen-bond donors (Lipinski definition) is 1. The Labute approximate surface area is 153 Å². The summed E-state index contributed by atoms with van der Waals surface area (Å²) < 4.78 is 13.3. The van der Waals surface area contributed by atoms with Crippen molar-refractivity contribution >= 4 is 40.4 Å². The highest BCUT2D eigenvalue weighted by Gasteiger charge is 2.28. The van der Waals surface area contributed by atoms with E-state index in [1.807, 2.05) is 6.07 Å². The van der Waals surface area contributed by atoms with E-state index in [0.717, 1.165) is 22.8 Å². The van der Waals surface area contributed by atoms with E-state index in [9.17, 15) is 9.59 Å². The molecule has 134 valence electrons. The van der Waals surface area contributed by atoms with Crippen LogP contribution < -0.4 is 5.32 Å². The second-order valence-electron chi connectivity index (χ2n) is 6.35. The van der Waals surface area contributed by atoms with E-state index in [1.165, 1.54) is 0 Å². The molecule has 1 fully saturated rings. The Morgan fingerprint density at radius 2 is 1.96 bits per heavy atom. The summed E-state index contributed by atoms with van der Waals surface area (Å²) in [6, 6.07) is 7.04. The van der Waals surface area contributed by atoms with E-state index in [2.05, 4.69) is 19.2 Å². The standard InChI is InChI=1S/C17H17N5O3S/c1-10-8-15(19-25-10)18-16(23)11-4-6-22(7-5-11)17(24)12-2-3-13-14(9-12)21-26-20-13/h2-3,8-9,11H,4-7H2,1H3,(H,18,19,23). The lowest BCUT2D eigenvalue weighted by molar-refractivity contribution is -0.121. The van der Waals surface area contributed by atoms with Gasteiger partial charge in [-0.05, 0) is 38.0 Å². The summed E-state index contributed by atoms with van der Waals surface area (Å²) in [5.41, 5.74) is 2.13. The lowest BCUT2D eigenvalue weighted by Crippen LogP contribution is -2.41. The molecule has 4 rings (SSSR count). The lowest BCUT2D eigenvalue weighted by Gasteiger charge is -2.31. The molecule has 0 radical (unpaired) electrons. The zero-order valence-electron chi connectivity index (χ0n) is 14.1. The minimum absolute atomic E-state index is 0.0362. The molecule has 2 amide bonds. The number of nitrogens with zero attached hydrogens (tertiary/aromatic N) is 4. The third kappa shape index (κ3) is 3.30. The molecule has 1 saturated heterocycles. The second kappa shape index (κ2) is 6.83. The van der Waals surface area contributed by atoms with Gasteiger partial charge in [0.2, 0.25) is 5.91 Å². The molecule has 3 heterocycles. The van der Waals surface area contributed by atoms with Crippen molar-refractivity contribution in [1.82, 2.24) is 18.8 Å². The van der Waals surface area contributed by atoms with Crippen molar-refractivity contribution in [2.75, 3.05) is 18.4 Å². The van der Waals surface area contributed by atoms with Crippen LogP contribution in [0.3, 0.4) is 0 Å². The number of fused-ring (bicyclic) bond motifs is 1. The van der Waals surface area contributed by atoms with Gasteiger partial charge in [-0.2, -0.15) is 8.75 Å². The van der Waals surface area contributed by atoms with Gasteiger partial charge in [0, 0.05) is 30.6 Å². The van der Waals surface area contributed by atoms with Crippen LogP contribution in [0.1, 0.15) is 29.0 Å². The lowest BCUT2D eigenvalue weighted by atomic mass is 9.95. The minimum atomic E-state index is -0.138. The van der Waals surface area contributed by atoms with E-state index in [-0.39, 0.29) is 17.7 Å². The van der Waals surface area contributed by atoms with Gasteiger partial charge in [0.25, 0.3) is 5.91 Å². The van der Waals surface area contributed by atoms with Crippen LogP contribution in [0.5, 0.6) is 0 Å². The quantitative estimate of drug-likeness (QED) is 0.759. The molecule has 1 aliphatic heterocycles. The number of piperidine rings is 1. The van der Waals surface area contributed by atoms with Gasteiger partial charge in [-0.1, -0.05) is 5.16 Å². The fourth-order valence-electron chi connectivity index (χ4n) is 3.10. The van der Waals surface area contributed by atoms with Crippen LogP contribution in [0.25, 0.3) is 11.0 Å². The van der Waals surface area contributed by atoms with Crippen molar-refractivity contribution < 1.29 is 14.1 Å². The van der Waals surface area contributed by atoms with Crippen LogP contribution >= 0.6 is 11.7 Å². The van der Waals surface area contributed by atoms with Crippen LogP contribution in [0.15, 0.2) is 28.8 Å². The smallest absolute Gasteiger partial charge is 0.253 e. The summed E-state index contributed by atoms with van der Waals surface area (Å²) in [5, 5.41) is 6.54. The molecule has 0 unspecified atom stereocenters. The largest absolute Gasteiger partial charge is 0.360 e. The summed E-state index contributed by atoms with van der Waals surface area (Å²) >= 11 is 1.13. The van der Waals surface area contributed by atoms with Crippen LogP contribution in [-0.2, 0) is 4.79 Å². The van der Waals surface area contributed by atoms with Crippen molar-refractivity contribution in [3.63, 3.8) is 0 Å². The van der Waals surface area contributed by atoms with Gasteiger partial charge in [-0.15, -0.1) is 0 Å². The summed E-state index contributed by atoms with van der Waals surface area (Å²) in [4.78, 5) is 26.8. The molecule has 9 heteroatoms. The first-order valence-electron chi connectivity index (χ1n) is 8.36. The van der Waals surface area contributed by atoms with Crippen LogP contribution in [0.4, 0.5) is 5.82 Å². The van der Waals surface area contributed by atoms with E-state index < -0.39 is 0 Å². The Bertz CT molecular complexity index is 958. The molecule has 26 heavy (non-hydrogen) atoms. The van der Waals surface area contributed by atoms with Crippen molar-refractivity contribution in [3.05, 3.63) is 35.6 Å². The molecule has 0 bridgehead atoms. The molecule has 0 aliphatic carbocycles. The fraction of sp³-hybridized carbons (Fsp3) is 0.353. The number of anilines is 1. The molecule has 0 saturated carbocycles. The van der Waals surface area contributed by atoms with Gasteiger partial charge < -0.3 is 14.7 Å². The number of rotatable bonds is 3. The van der Waals surface area contributed by atoms with E-state index >= 15 is 0 Å². The SMILES string of the molecule is Cc1cc(NC(=O)C2CCN(C(=O)c3ccc4nsnc4c3)CC2)no1. The molecule has 0 atom stereocenters. The van der Waals surface area contributed by atoms with Gasteiger partial charge in [0.05, 0.1) is 11.7 Å². The number of hydrogen-bond acceptors (Lipinski definition) is 7. The first kappa shape index (κ1) is 16.6. The van der Waals surface area contributed by atoms with Gasteiger partial charge in [0.15, 0.2) is 5.82 Å². The van der Waals surface area contributed by atoms with Gasteiger partial charge in [-0.3, -0.25) is 9.59 Å². The van der Waals surface area contributed by atoms with Crippen molar-refractivity contribution in [2.24, 2.45) is 5.92 Å².